The van der Waals surface area contributed by atoms with Gasteiger partial charge in [0.25, 0.3) is 0 Å². The fourth-order valence-corrected chi connectivity index (χ4v) is 3.91. The average molecular weight is 426 g/mol. The number of benzene rings is 2. The lowest BCUT2D eigenvalue weighted by atomic mass is 10.0. The molecule has 1 heterocycles. The molecule has 0 radical (unpaired) electrons. The van der Waals surface area contributed by atoms with Crippen LogP contribution in [-0.4, -0.2) is 43.3 Å². The summed E-state index contributed by atoms with van der Waals surface area (Å²) in [5, 5.41) is 0. The minimum Gasteiger partial charge on any atom is -0.488 e. The lowest BCUT2D eigenvalue weighted by molar-refractivity contribution is -0.151. The van der Waals surface area contributed by atoms with Crippen molar-refractivity contribution in [2.24, 2.45) is 0 Å². The van der Waals surface area contributed by atoms with E-state index in [0.717, 1.165) is 47.3 Å². The molecule has 2 aromatic rings. The van der Waals surface area contributed by atoms with Crippen molar-refractivity contribution in [1.29, 1.82) is 0 Å². The van der Waals surface area contributed by atoms with Crippen LogP contribution in [0.5, 0.6) is 5.75 Å². The smallest absolute Gasteiger partial charge is 0.410 e. The summed E-state index contributed by atoms with van der Waals surface area (Å²) in [6.45, 7) is 5.77. The number of hydrogen-bond acceptors (Lipinski definition) is 5. The Morgan fingerprint density at radius 1 is 0.968 bits per heavy atom. The van der Waals surface area contributed by atoms with Gasteiger partial charge in [0.15, 0.2) is 0 Å². The molecule has 0 unspecified atom stereocenters. The number of likely N-dealkylation sites (tertiary alicyclic amines) is 1. The third-order valence-electron chi connectivity index (χ3n) is 5.49. The zero-order chi connectivity index (χ0) is 22.2. The van der Waals surface area contributed by atoms with Crippen LogP contribution >= 0.6 is 0 Å². The summed E-state index contributed by atoms with van der Waals surface area (Å²) in [6, 6.07) is 13.9. The van der Waals surface area contributed by atoms with E-state index in [1.54, 1.807) is 4.90 Å². The molecule has 2 aromatic carbocycles. The lowest BCUT2D eigenvalue weighted by Crippen LogP contribution is -2.40. The number of methoxy groups -OCH3 is 1. The second-order valence-electron chi connectivity index (χ2n) is 7.98. The summed E-state index contributed by atoms with van der Waals surface area (Å²) in [7, 11) is 1.31. The molecule has 1 aliphatic rings. The lowest BCUT2D eigenvalue weighted by Gasteiger charge is -2.27. The van der Waals surface area contributed by atoms with Crippen LogP contribution in [0.1, 0.15) is 41.5 Å². The number of esters is 1. The van der Waals surface area contributed by atoms with Gasteiger partial charge in [-0.2, -0.15) is 0 Å². The number of aryl methyl sites for hydroxylation is 2. The highest BCUT2D eigenvalue weighted by atomic mass is 16.6. The molecular weight excluding hydrogens is 394 g/mol. The van der Waals surface area contributed by atoms with Crippen LogP contribution in [0.4, 0.5) is 4.79 Å². The SMILES string of the molecule is COC(=O)[C@@H](Cc1cc(C)c(OCc2ccccc2)c(C)c1)OC(=O)N1CCCCC1. The molecule has 3 rings (SSSR count). The molecule has 6 nitrogen and oxygen atoms in total. The number of amides is 1. The van der Waals surface area contributed by atoms with Gasteiger partial charge in [0.05, 0.1) is 7.11 Å². The Bertz CT molecular complexity index is 867. The minimum absolute atomic E-state index is 0.257. The molecule has 1 atom stereocenters. The first-order valence-electron chi connectivity index (χ1n) is 10.8. The Balaban J connectivity index is 1.69. The highest BCUT2D eigenvalue weighted by Gasteiger charge is 2.28. The molecule has 31 heavy (non-hydrogen) atoms. The third-order valence-corrected chi connectivity index (χ3v) is 5.49. The summed E-state index contributed by atoms with van der Waals surface area (Å²) < 4.78 is 16.5. The van der Waals surface area contributed by atoms with Gasteiger partial charge in [0.1, 0.15) is 12.4 Å². The van der Waals surface area contributed by atoms with E-state index in [9.17, 15) is 9.59 Å². The van der Waals surface area contributed by atoms with Gasteiger partial charge >= 0.3 is 12.1 Å². The van der Waals surface area contributed by atoms with Crippen LogP contribution < -0.4 is 4.74 Å². The maximum Gasteiger partial charge on any atom is 0.410 e. The van der Waals surface area contributed by atoms with Crippen LogP contribution in [0.2, 0.25) is 0 Å². The van der Waals surface area contributed by atoms with Crippen molar-refractivity contribution in [3.05, 3.63) is 64.7 Å². The molecule has 1 aliphatic heterocycles. The third kappa shape index (κ3) is 6.23. The molecule has 0 aliphatic carbocycles. The molecule has 0 spiro atoms. The zero-order valence-corrected chi connectivity index (χ0v) is 18.6. The first-order valence-corrected chi connectivity index (χ1v) is 10.8. The fraction of sp³-hybridized carbons (Fsp3) is 0.440. The molecular formula is C25H31NO5. The van der Waals surface area contributed by atoms with Crippen LogP contribution in [-0.2, 0) is 27.3 Å². The number of carbonyl (C=O) groups excluding carboxylic acids is 2. The number of rotatable bonds is 7. The molecule has 1 saturated heterocycles. The van der Waals surface area contributed by atoms with Gasteiger partial charge < -0.3 is 19.1 Å². The molecule has 0 N–H and O–H groups in total. The van der Waals surface area contributed by atoms with Crippen molar-refractivity contribution < 1.29 is 23.8 Å². The van der Waals surface area contributed by atoms with Crippen LogP contribution in [0.15, 0.2) is 42.5 Å². The standard InChI is InChI=1S/C25H31NO5/c1-18-14-21(15-19(2)23(18)30-17-20-10-6-4-7-11-20)16-22(24(27)29-3)31-25(28)26-12-8-5-9-13-26/h4,6-7,10-11,14-15,22H,5,8-9,12-13,16-17H2,1-3H3/t22-/m1/s1. The first kappa shape index (κ1) is 22.7. The molecule has 6 heteroatoms. The van der Waals surface area contributed by atoms with Gasteiger partial charge in [-0.25, -0.2) is 9.59 Å². The summed E-state index contributed by atoms with van der Waals surface area (Å²) in [4.78, 5) is 26.5. The Kier molecular flexibility index (Phi) is 7.93. The molecule has 166 valence electrons. The Labute approximate surface area is 184 Å². The molecule has 0 saturated carbocycles. The van der Waals surface area contributed by atoms with Gasteiger partial charge in [-0.1, -0.05) is 42.5 Å². The van der Waals surface area contributed by atoms with Crippen molar-refractivity contribution in [3.63, 3.8) is 0 Å². The van der Waals surface area contributed by atoms with E-state index in [1.807, 2.05) is 56.3 Å². The highest BCUT2D eigenvalue weighted by molar-refractivity contribution is 5.79. The first-order chi connectivity index (χ1) is 15.0. The molecule has 0 bridgehead atoms. The van der Waals surface area contributed by atoms with E-state index in [1.165, 1.54) is 7.11 Å². The van der Waals surface area contributed by atoms with Crippen molar-refractivity contribution in [3.8, 4) is 5.75 Å². The van der Waals surface area contributed by atoms with E-state index < -0.39 is 18.2 Å². The van der Waals surface area contributed by atoms with E-state index >= 15 is 0 Å². The van der Waals surface area contributed by atoms with E-state index in [4.69, 9.17) is 14.2 Å². The normalized spacial score (nSPS) is 14.6. The summed E-state index contributed by atoms with van der Waals surface area (Å²) in [5.41, 5.74) is 3.93. The van der Waals surface area contributed by atoms with E-state index in [2.05, 4.69) is 0 Å². The number of ether oxygens (including phenoxy) is 3. The van der Waals surface area contributed by atoms with E-state index in [0.29, 0.717) is 19.7 Å². The second kappa shape index (κ2) is 10.8. The highest BCUT2D eigenvalue weighted by Crippen LogP contribution is 2.27. The number of hydrogen-bond donors (Lipinski definition) is 0. The number of piperidine rings is 1. The fourth-order valence-electron chi connectivity index (χ4n) is 3.91. The zero-order valence-electron chi connectivity index (χ0n) is 18.6. The minimum atomic E-state index is -0.977. The predicted octanol–water partition coefficient (Wildman–Crippen LogP) is 4.59. The van der Waals surface area contributed by atoms with Gasteiger partial charge in [0, 0.05) is 19.5 Å². The van der Waals surface area contributed by atoms with Gasteiger partial charge in [0.2, 0.25) is 6.10 Å². The van der Waals surface area contributed by atoms with Gasteiger partial charge in [-0.3, -0.25) is 0 Å². The Hall–Kier alpha value is -3.02. The maximum atomic E-state index is 12.5. The quantitative estimate of drug-likeness (QED) is 0.607. The van der Waals surface area contributed by atoms with Gasteiger partial charge in [-0.15, -0.1) is 0 Å². The average Bonchev–Trinajstić information content (AvgIpc) is 2.78. The number of carbonyl (C=O) groups is 2. The van der Waals surface area contributed by atoms with Gasteiger partial charge in [-0.05, 0) is 55.4 Å². The summed E-state index contributed by atoms with van der Waals surface area (Å²) in [6.07, 6.45) is 1.86. The van der Waals surface area contributed by atoms with Crippen LogP contribution in [0.25, 0.3) is 0 Å². The Morgan fingerprint density at radius 2 is 1.61 bits per heavy atom. The second-order valence-corrected chi connectivity index (χ2v) is 7.98. The Morgan fingerprint density at radius 3 is 2.23 bits per heavy atom. The predicted molar refractivity (Wildman–Crippen MR) is 118 cm³/mol. The molecule has 0 aromatic heterocycles. The molecule has 1 fully saturated rings. The maximum absolute atomic E-state index is 12.5. The van der Waals surface area contributed by atoms with Crippen LogP contribution in [0.3, 0.4) is 0 Å². The van der Waals surface area contributed by atoms with Crippen molar-refractivity contribution in [2.75, 3.05) is 20.2 Å². The largest absolute Gasteiger partial charge is 0.488 e. The van der Waals surface area contributed by atoms with Crippen molar-refractivity contribution in [2.45, 2.75) is 52.2 Å². The molecule has 1 amide bonds. The monoisotopic (exact) mass is 425 g/mol. The van der Waals surface area contributed by atoms with Crippen LogP contribution in [0, 0.1) is 13.8 Å². The summed E-state index contributed by atoms with van der Waals surface area (Å²) >= 11 is 0. The van der Waals surface area contributed by atoms with Crippen molar-refractivity contribution in [1.82, 2.24) is 4.90 Å². The van der Waals surface area contributed by atoms with Crippen molar-refractivity contribution >= 4 is 12.1 Å². The summed E-state index contributed by atoms with van der Waals surface area (Å²) in [5.74, 6) is 0.276. The van der Waals surface area contributed by atoms with E-state index in [-0.39, 0.29) is 6.42 Å². The topological polar surface area (TPSA) is 65.1 Å². The number of nitrogens with zero attached hydrogens (tertiary/aromatic N) is 1.